The monoisotopic (exact) mass is 584 g/mol. The van der Waals surface area contributed by atoms with Gasteiger partial charge in [-0.15, -0.1) is 0 Å². The summed E-state index contributed by atoms with van der Waals surface area (Å²) in [5, 5.41) is 12.3. The third kappa shape index (κ3) is 6.14. The van der Waals surface area contributed by atoms with Gasteiger partial charge in [0.1, 0.15) is 11.9 Å². The summed E-state index contributed by atoms with van der Waals surface area (Å²) in [5.74, 6) is -4.77. The molecule has 5 rings (SSSR count). The van der Waals surface area contributed by atoms with Crippen molar-refractivity contribution < 1.29 is 41.0 Å². The van der Waals surface area contributed by atoms with Crippen molar-refractivity contribution in [2.24, 2.45) is 0 Å². The average molecular weight is 585 g/mol. The van der Waals surface area contributed by atoms with Gasteiger partial charge in [0.05, 0.1) is 23.9 Å². The summed E-state index contributed by atoms with van der Waals surface area (Å²) in [6, 6.07) is 0.229. The highest BCUT2D eigenvalue weighted by Crippen LogP contribution is 2.43. The van der Waals surface area contributed by atoms with Crippen LogP contribution >= 0.6 is 0 Å². The molecule has 13 heteroatoms. The average Bonchev–Trinajstić information content (AvgIpc) is 3.73. The molecular weight excluding hydrogens is 554 g/mol. The minimum Gasteiger partial charge on any atom is -0.394 e. The van der Waals surface area contributed by atoms with Crippen LogP contribution in [-0.4, -0.2) is 58.1 Å². The number of alkyl halides is 5. The minimum atomic E-state index is -4.96. The molecule has 1 aromatic carbocycles. The number of hydrogen-bond acceptors (Lipinski definition) is 4. The van der Waals surface area contributed by atoms with E-state index in [1.54, 1.807) is 6.07 Å². The van der Waals surface area contributed by atoms with E-state index in [0.717, 1.165) is 25.2 Å². The largest absolute Gasteiger partial charge is 0.416 e. The second-order valence-corrected chi connectivity index (χ2v) is 11.0. The Morgan fingerprint density at radius 1 is 1.12 bits per heavy atom. The third-order valence-electron chi connectivity index (χ3n) is 8.11. The Labute approximate surface area is 232 Å². The fourth-order valence-corrected chi connectivity index (χ4v) is 5.51. The standard InChI is InChI=1S/C28H30F6N4O3/c29-22-13-17(16-1-2-16)3-4-23(22)38(26(41)37-12-8-19(37)15-39)24(20-14-35-11-7-21(20)28(32,33)34)25(40)36-18-5-9-27(30,31)10-6-18/h3-4,7,11,13-14,16,18-19,24,39H,1-2,5-6,8-10,12,15H2,(H,36,40)/t19-,24?/m1/s1. The molecular formula is C28H30F6N4O3. The zero-order chi connectivity index (χ0) is 29.5. The number of anilines is 1. The first-order valence-electron chi connectivity index (χ1n) is 13.6. The summed E-state index contributed by atoms with van der Waals surface area (Å²) in [7, 11) is 0. The van der Waals surface area contributed by atoms with Gasteiger partial charge in [-0.25, -0.2) is 18.0 Å². The van der Waals surface area contributed by atoms with E-state index in [4.69, 9.17) is 0 Å². The lowest BCUT2D eigenvalue weighted by atomic mass is 9.91. The molecule has 0 spiro atoms. The Balaban J connectivity index is 1.61. The SMILES string of the molecule is O=C(NC1CCC(F)(F)CC1)C(c1cnccc1C(F)(F)F)N(C(=O)N1CC[C@@H]1CO)c1ccc(C2CC2)cc1F. The number of urea groups is 1. The number of hydrogen-bond donors (Lipinski definition) is 2. The highest BCUT2D eigenvalue weighted by atomic mass is 19.4. The van der Waals surface area contributed by atoms with Gasteiger partial charge in [-0.2, -0.15) is 13.2 Å². The predicted octanol–water partition coefficient (Wildman–Crippen LogP) is 5.55. The predicted molar refractivity (Wildman–Crippen MR) is 136 cm³/mol. The Morgan fingerprint density at radius 2 is 1.83 bits per heavy atom. The van der Waals surface area contributed by atoms with Crippen molar-refractivity contribution in [3.63, 3.8) is 0 Å². The topological polar surface area (TPSA) is 85.8 Å². The van der Waals surface area contributed by atoms with Gasteiger partial charge in [-0.05, 0) is 61.8 Å². The second-order valence-electron chi connectivity index (χ2n) is 11.0. The Kier molecular flexibility index (Phi) is 7.92. The molecule has 2 heterocycles. The van der Waals surface area contributed by atoms with Crippen LogP contribution in [0.5, 0.6) is 0 Å². The van der Waals surface area contributed by atoms with Crippen LogP contribution in [-0.2, 0) is 11.0 Å². The van der Waals surface area contributed by atoms with Crippen LogP contribution in [0, 0.1) is 5.82 Å². The van der Waals surface area contributed by atoms with E-state index < -0.39 is 84.2 Å². The van der Waals surface area contributed by atoms with Crippen molar-refractivity contribution >= 4 is 17.6 Å². The van der Waals surface area contributed by atoms with Crippen LogP contribution in [0.15, 0.2) is 36.7 Å². The highest BCUT2D eigenvalue weighted by Gasteiger charge is 2.46. The van der Waals surface area contributed by atoms with Crippen molar-refractivity contribution in [3.05, 3.63) is 59.2 Å². The van der Waals surface area contributed by atoms with Crippen LogP contribution in [0.25, 0.3) is 0 Å². The number of benzene rings is 1. The third-order valence-corrected chi connectivity index (χ3v) is 8.11. The first-order chi connectivity index (χ1) is 19.4. The van der Waals surface area contributed by atoms with E-state index in [9.17, 15) is 36.6 Å². The summed E-state index contributed by atoms with van der Waals surface area (Å²) >= 11 is 0. The number of likely N-dealkylation sites (tertiary alicyclic amines) is 1. The molecule has 1 aliphatic heterocycles. The molecule has 3 aliphatic rings. The van der Waals surface area contributed by atoms with Gasteiger partial charge in [0.2, 0.25) is 11.8 Å². The molecule has 3 fully saturated rings. The number of carbonyl (C=O) groups is 2. The van der Waals surface area contributed by atoms with Crippen LogP contribution in [0.1, 0.15) is 73.6 Å². The summed E-state index contributed by atoms with van der Waals surface area (Å²) in [6.07, 6.45) is -2.44. The van der Waals surface area contributed by atoms with Crippen molar-refractivity contribution in [1.29, 1.82) is 0 Å². The van der Waals surface area contributed by atoms with Gasteiger partial charge in [0, 0.05) is 43.4 Å². The lowest BCUT2D eigenvalue weighted by Crippen LogP contribution is -2.60. The van der Waals surface area contributed by atoms with Crippen LogP contribution < -0.4 is 10.2 Å². The maximum Gasteiger partial charge on any atom is 0.416 e. The lowest BCUT2D eigenvalue weighted by molar-refractivity contribution is -0.138. The van der Waals surface area contributed by atoms with Crippen molar-refractivity contribution in [1.82, 2.24) is 15.2 Å². The molecule has 1 saturated heterocycles. The molecule has 1 aromatic heterocycles. The molecule has 3 amide bonds. The maximum atomic E-state index is 15.7. The molecule has 7 nitrogen and oxygen atoms in total. The summed E-state index contributed by atoms with van der Waals surface area (Å²) in [6.45, 7) is -0.302. The number of rotatable bonds is 7. The summed E-state index contributed by atoms with van der Waals surface area (Å²) < 4.78 is 85.8. The smallest absolute Gasteiger partial charge is 0.394 e. The Bertz CT molecular complexity index is 1290. The fraction of sp³-hybridized carbons (Fsp3) is 0.536. The number of amides is 3. The number of aliphatic hydroxyl groups is 1. The molecule has 2 atom stereocenters. The van der Waals surface area contributed by atoms with E-state index >= 15 is 4.39 Å². The minimum absolute atomic E-state index is 0.123. The number of aliphatic hydroxyl groups excluding tert-OH is 1. The number of halogens is 6. The van der Waals surface area contributed by atoms with E-state index in [-0.39, 0.29) is 25.3 Å². The van der Waals surface area contributed by atoms with Crippen molar-refractivity contribution in [2.45, 2.75) is 81.1 Å². The molecule has 0 bridgehead atoms. The molecule has 2 N–H and O–H groups in total. The molecule has 2 saturated carbocycles. The highest BCUT2D eigenvalue weighted by molar-refractivity contribution is 6.01. The summed E-state index contributed by atoms with van der Waals surface area (Å²) in [4.78, 5) is 33.4. The molecule has 1 unspecified atom stereocenters. The second kappa shape index (κ2) is 11.1. The van der Waals surface area contributed by atoms with Crippen molar-refractivity contribution in [3.8, 4) is 0 Å². The number of carbonyl (C=O) groups excluding carboxylic acids is 2. The van der Waals surface area contributed by atoms with E-state index in [2.05, 4.69) is 10.3 Å². The first-order valence-corrected chi connectivity index (χ1v) is 13.6. The fourth-order valence-electron chi connectivity index (χ4n) is 5.51. The first kappa shape index (κ1) is 29.2. The number of nitrogens with one attached hydrogen (secondary N) is 1. The van der Waals surface area contributed by atoms with Gasteiger partial charge in [-0.3, -0.25) is 14.7 Å². The van der Waals surface area contributed by atoms with Crippen LogP contribution in [0.4, 0.5) is 36.8 Å². The van der Waals surface area contributed by atoms with Gasteiger partial charge in [0.25, 0.3) is 0 Å². The van der Waals surface area contributed by atoms with Crippen LogP contribution in [0.2, 0.25) is 0 Å². The van der Waals surface area contributed by atoms with Gasteiger partial charge < -0.3 is 15.3 Å². The molecule has 2 aromatic rings. The van der Waals surface area contributed by atoms with Gasteiger partial charge >= 0.3 is 12.2 Å². The van der Waals surface area contributed by atoms with E-state index in [1.165, 1.54) is 17.0 Å². The number of pyridine rings is 1. The van der Waals surface area contributed by atoms with Gasteiger partial charge in [-0.1, -0.05) is 6.07 Å². The van der Waals surface area contributed by atoms with Gasteiger partial charge in [0.15, 0.2) is 0 Å². The van der Waals surface area contributed by atoms with E-state index in [1.807, 2.05) is 0 Å². The molecule has 2 aliphatic carbocycles. The zero-order valence-electron chi connectivity index (χ0n) is 22.0. The lowest BCUT2D eigenvalue weighted by Gasteiger charge is -2.44. The summed E-state index contributed by atoms with van der Waals surface area (Å²) in [5.41, 5.74) is -1.70. The Hall–Kier alpha value is -3.35. The van der Waals surface area contributed by atoms with Crippen LogP contribution in [0.3, 0.4) is 0 Å². The van der Waals surface area contributed by atoms with E-state index in [0.29, 0.717) is 23.0 Å². The quantitative estimate of drug-likeness (QED) is 0.419. The zero-order valence-corrected chi connectivity index (χ0v) is 22.0. The maximum absolute atomic E-state index is 15.7. The number of nitrogens with zero attached hydrogens (tertiary/aromatic N) is 3. The number of aromatic nitrogens is 1. The molecule has 0 radical (unpaired) electrons. The molecule has 41 heavy (non-hydrogen) atoms. The normalized spacial score (nSPS) is 21.6. The Morgan fingerprint density at radius 3 is 2.39 bits per heavy atom. The van der Waals surface area contributed by atoms with Crippen molar-refractivity contribution in [2.75, 3.05) is 18.1 Å². The molecule has 222 valence electrons.